The normalized spacial score (nSPS) is 12.0. The summed E-state index contributed by atoms with van der Waals surface area (Å²) in [5, 5.41) is 3.29. The number of nitrogens with one attached hydrogen (secondary N) is 1. The van der Waals surface area contributed by atoms with Crippen LogP contribution in [0.5, 0.6) is 0 Å². The molecule has 0 spiro atoms. The van der Waals surface area contributed by atoms with Gasteiger partial charge in [0.15, 0.2) is 0 Å². The van der Waals surface area contributed by atoms with Crippen molar-refractivity contribution in [3.63, 3.8) is 0 Å². The van der Waals surface area contributed by atoms with Crippen LogP contribution in [0.1, 0.15) is 34.5 Å². The Morgan fingerprint density at radius 1 is 1.24 bits per heavy atom. The average Bonchev–Trinajstić information content (AvgIpc) is 2.52. The molecule has 3 nitrogen and oxygen atoms in total. The second-order valence-corrected chi connectivity index (χ2v) is 4.81. The number of benzene rings is 2. The molecule has 0 bridgehead atoms. The van der Waals surface area contributed by atoms with E-state index in [1.807, 2.05) is 25.1 Å². The lowest BCUT2D eigenvalue weighted by Crippen LogP contribution is -2.20. The van der Waals surface area contributed by atoms with Gasteiger partial charge in [-0.25, -0.2) is 9.18 Å². The quantitative estimate of drug-likeness (QED) is 0.856. The summed E-state index contributed by atoms with van der Waals surface area (Å²) in [5.74, 6) is -0.609. The molecule has 1 N–H and O–H groups in total. The zero-order valence-electron chi connectivity index (χ0n) is 12.1. The molecule has 2 aromatic rings. The minimum atomic E-state index is -0.356. The van der Waals surface area contributed by atoms with Gasteiger partial charge in [0.05, 0.1) is 12.7 Å². The van der Waals surface area contributed by atoms with Crippen LogP contribution in [0.25, 0.3) is 0 Å². The van der Waals surface area contributed by atoms with Gasteiger partial charge in [0.1, 0.15) is 5.82 Å². The van der Waals surface area contributed by atoms with Gasteiger partial charge < -0.3 is 10.1 Å². The third kappa shape index (κ3) is 3.89. The lowest BCUT2D eigenvalue weighted by molar-refractivity contribution is 0.0599. The maximum Gasteiger partial charge on any atom is 0.338 e. The van der Waals surface area contributed by atoms with E-state index < -0.39 is 0 Å². The van der Waals surface area contributed by atoms with E-state index in [4.69, 9.17) is 4.74 Å². The first-order valence-electron chi connectivity index (χ1n) is 6.77. The fourth-order valence-electron chi connectivity index (χ4n) is 2.14. The molecule has 0 saturated carbocycles. The smallest absolute Gasteiger partial charge is 0.338 e. The zero-order chi connectivity index (χ0) is 15.2. The molecule has 0 aliphatic heterocycles. The van der Waals surface area contributed by atoms with Gasteiger partial charge in [-0.3, -0.25) is 0 Å². The first-order valence-corrected chi connectivity index (χ1v) is 6.77. The summed E-state index contributed by atoms with van der Waals surface area (Å²) in [5.41, 5.74) is 2.26. The van der Waals surface area contributed by atoms with Crippen LogP contribution < -0.4 is 5.32 Å². The Kier molecular flexibility index (Phi) is 5.06. The van der Waals surface area contributed by atoms with Crippen molar-refractivity contribution in [3.05, 3.63) is 71.0 Å². The molecule has 0 aromatic heterocycles. The van der Waals surface area contributed by atoms with E-state index in [-0.39, 0.29) is 17.8 Å². The topological polar surface area (TPSA) is 38.3 Å². The Labute approximate surface area is 123 Å². The van der Waals surface area contributed by atoms with Crippen LogP contribution in [-0.2, 0) is 11.3 Å². The molecular weight excluding hydrogens is 269 g/mol. The van der Waals surface area contributed by atoms with Crippen molar-refractivity contribution in [3.8, 4) is 0 Å². The molecule has 0 radical (unpaired) electrons. The second kappa shape index (κ2) is 6.99. The van der Waals surface area contributed by atoms with Crippen LogP contribution in [0.15, 0.2) is 48.5 Å². The van der Waals surface area contributed by atoms with Crippen molar-refractivity contribution in [2.24, 2.45) is 0 Å². The van der Waals surface area contributed by atoms with E-state index >= 15 is 0 Å². The standard InChI is InChI=1S/C17H18FNO2/c1-12(13-7-5-8-15(18)10-13)19-11-14-6-3-4-9-16(14)17(20)21-2/h3-10,12,19H,11H2,1-2H3/t12-/m0/s1. The third-order valence-corrected chi connectivity index (χ3v) is 3.37. The van der Waals surface area contributed by atoms with E-state index in [2.05, 4.69) is 5.32 Å². The van der Waals surface area contributed by atoms with Crippen molar-refractivity contribution >= 4 is 5.97 Å². The summed E-state index contributed by atoms with van der Waals surface area (Å²) in [6, 6.07) is 13.7. The molecule has 0 unspecified atom stereocenters. The number of ether oxygens (including phenoxy) is 1. The number of hydrogen-bond donors (Lipinski definition) is 1. The molecule has 0 heterocycles. The van der Waals surface area contributed by atoms with Crippen molar-refractivity contribution in [1.82, 2.24) is 5.32 Å². The van der Waals surface area contributed by atoms with Crippen molar-refractivity contribution < 1.29 is 13.9 Å². The van der Waals surface area contributed by atoms with Crippen LogP contribution in [0, 0.1) is 5.82 Å². The highest BCUT2D eigenvalue weighted by atomic mass is 19.1. The Bertz CT molecular complexity index is 628. The van der Waals surface area contributed by atoms with Crippen LogP contribution in [0.3, 0.4) is 0 Å². The largest absolute Gasteiger partial charge is 0.465 e. The van der Waals surface area contributed by atoms with E-state index in [1.54, 1.807) is 18.2 Å². The number of carbonyl (C=O) groups excluding carboxylic acids is 1. The molecule has 0 amide bonds. The van der Waals surface area contributed by atoms with Gasteiger partial charge in [0, 0.05) is 12.6 Å². The Morgan fingerprint density at radius 2 is 2.00 bits per heavy atom. The van der Waals surface area contributed by atoms with E-state index in [1.165, 1.54) is 19.2 Å². The summed E-state index contributed by atoms with van der Waals surface area (Å²) in [4.78, 5) is 11.7. The van der Waals surface area contributed by atoms with Crippen molar-refractivity contribution in [1.29, 1.82) is 0 Å². The Morgan fingerprint density at radius 3 is 2.71 bits per heavy atom. The molecule has 1 atom stereocenters. The van der Waals surface area contributed by atoms with Crippen LogP contribution in [0.4, 0.5) is 4.39 Å². The van der Waals surface area contributed by atoms with Crippen LogP contribution in [-0.4, -0.2) is 13.1 Å². The molecule has 0 fully saturated rings. The number of methoxy groups -OCH3 is 1. The number of esters is 1. The van der Waals surface area contributed by atoms with E-state index in [9.17, 15) is 9.18 Å². The van der Waals surface area contributed by atoms with Gasteiger partial charge in [-0.1, -0.05) is 30.3 Å². The molecule has 0 aliphatic carbocycles. The van der Waals surface area contributed by atoms with Gasteiger partial charge >= 0.3 is 5.97 Å². The number of hydrogen-bond acceptors (Lipinski definition) is 3. The lowest BCUT2D eigenvalue weighted by Gasteiger charge is -2.15. The molecular formula is C17H18FNO2. The zero-order valence-corrected chi connectivity index (χ0v) is 12.1. The van der Waals surface area contributed by atoms with Crippen molar-refractivity contribution in [2.75, 3.05) is 7.11 Å². The highest BCUT2D eigenvalue weighted by molar-refractivity contribution is 5.90. The maximum atomic E-state index is 13.2. The Hall–Kier alpha value is -2.20. The monoisotopic (exact) mass is 287 g/mol. The van der Waals surface area contributed by atoms with Crippen molar-refractivity contribution in [2.45, 2.75) is 19.5 Å². The summed E-state index contributed by atoms with van der Waals surface area (Å²) in [6.45, 7) is 2.46. The molecule has 110 valence electrons. The second-order valence-electron chi connectivity index (χ2n) is 4.81. The average molecular weight is 287 g/mol. The van der Waals surface area contributed by atoms with E-state index in [0.717, 1.165) is 11.1 Å². The summed E-state index contributed by atoms with van der Waals surface area (Å²) < 4.78 is 18.0. The Balaban J connectivity index is 2.08. The predicted octanol–water partition coefficient (Wildman–Crippen LogP) is 3.46. The predicted molar refractivity (Wildman–Crippen MR) is 79.4 cm³/mol. The minimum Gasteiger partial charge on any atom is -0.465 e. The molecule has 0 aliphatic rings. The SMILES string of the molecule is COC(=O)c1ccccc1CN[C@@H](C)c1cccc(F)c1. The highest BCUT2D eigenvalue weighted by Gasteiger charge is 2.12. The van der Waals surface area contributed by atoms with Gasteiger partial charge in [-0.2, -0.15) is 0 Å². The molecule has 2 rings (SSSR count). The molecule has 4 heteroatoms. The van der Waals surface area contributed by atoms with Gasteiger partial charge in [-0.15, -0.1) is 0 Å². The van der Waals surface area contributed by atoms with Gasteiger partial charge in [0.25, 0.3) is 0 Å². The fourth-order valence-corrected chi connectivity index (χ4v) is 2.14. The number of halogens is 1. The lowest BCUT2D eigenvalue weighted by atomic mass is 10.1. The first kappa shape index (κ1) is 15.2. The minimum absolute atomic E-state index is 0.0218. The van der Waals surface area contributed by atoms with Gasteiger partial charge in [0.2, 0.25) is 0 Å². The number of rotatable bonds is 5. The summed E-state index contributed by atoms with van der Waals surface area (Å²) in [6.07, 6.45) is 0. The van der Waals surface area contributed by atoms with Crippen LogP contribution >= 0.6 is 0 Å². The van der Waals surface area contributed by atoms with Gasteiger partial charge in [-0.05, 0) is 36.2 Å². The summed E-state index contributed by atoms with van der Waals surface area (Å²) >= 11 is 0. The maximum absolute atomic E-state index is 13.2. The molecule has 21 heavy (non-hydrogen) atoms. The highest BCUT2D eigenvalue weighted by Crippen LogP contribution is 2.16. The van der Waals surface area contributed by atoms with E-state index in [0.29, 0.717) is 12.1 Å². The fraction of sp³-hybridized carbons (Fsp3) is 0.235. The third-order valence-electron chi connectivity index (χ3n) is 3.37. The number of carbonyl (C=O) groups is 1. The first-order chi connectivity index (χ1) is 10.1. The van der Waals surface area contributed by atoms with Crippen LogP contribution in [0.2, 0.25) is 0 Å². The molecule has 2 aromatic carbocycles. The summed E-state index contributed by atoms with van der Waals surface area (Å²) in [7, 11) is 1.36. The molecule has 0 saturated heterocycles.